The summed E-state index contributed by atoms with van der Waals surface area (Å²) >= 11 is 0. The lowest BCUT2D eigenvalue weighted by atomic mass is 9.87. The van der Waals surface area contributed by atoms with Crippen LogP contribution < -0.4 is 0 Å². The Kier molecular flexibility index (Phi) is 4.28. The number of hydrogen-bond donors (Lipinski definition) is 0. The van der Waals surface area contributed by atoms with Gasteiger partial charge in [0, 0.05) is 11.3 Å². The van der Waals surface area contributed by atoms with E-state index in [1.165, 1.54) is 0 Å². The van der Waals surface area contributed by atoms with E-state index in [0.717, 1.165) is 0 Å². The van der Waals surface area contributed by atoms with E-state index in [-0.39, 0.29) is 19.0 Å². The zero-order valence-electron chi connectivity index (χ0n) is 10.9. The first-order chi connectivity index (χ1) is 8.64. The Hall–Kier alpha value is -1.93. The molecule has 0 aromatic rings. The van der Waals surface area contributed by atoms with E-state index in [1.807, 2.05) is 0 Å². The average Bonchev–Trinajstić information content (AvgIpc) is 2.94. The first-order valence-corrected chi connectivity index (χ1v) is 5.73. The molecule has 1 aliphatic rings. The molecule has 0 aromatic heterocycles. The highest BCUT2D eigenvalue weighted by Gasteiger charge is 2.57. The quantitative estimate of drug-likeness (QED) is 0.499. The second-order valence-electron chi connectivity index (χ2n) is 5.51. The molecule has 0 radical (unpaired) electrons. The lowest BCUT2D eigenvalue weighted by Crippen LogP contribution is -2.24. The van der Waals surface area contributed by atoms with Gasteiger partial charge in [0.05, 0.1) is 0 Å². The molecule has 0 aromatic carbocycles. The summed E-state index contributed by atoms with van der Waals surface area (Å²) in [7, 11) is 0. The normalized spacial score (nSPS) is 25.5. The van der Waals surface area contributed by atoms with Crippen LogP contribution in [0.25, 0.3) is 0 Å². The number of ketones is 1. The number of Topliss-reactive ketones (excluding diaryl/α,β-unsaturated/α-hetero) is 1. The van der Waals surface area contributed by atoms with Crippen molar-refractivity contribution < 1.29 is 24.6 Å². The van der Waals surface area contributed by atoms with E-state index in [0.29, 0.717) is 0 Å². The third kappa shape index (κ3) is 4.04. The molecule has 0 bridgehead atoms. The molecule has 0 N–H and O–H groups in total. The van der Waals surface area contributed by atoms with E-state index in [9.17, 15) is 25.0 Å². The van der Waals surface area contributed by atoms with Crippen LogP contribution in [0.4, 0.5) is 0 Å². The van der Waals surface area contributed by atoms with Gasteiger partial charge in [-0.25, -0.2) is 0 Å². The summed E-state index contributed by atoms with van der Waals surface area (Å²) in [5, 5.41) is 18.4. The fourth-order valence-electron chi connectivity index (χ4n) is 2.08. The topological polar surface area (TPSA) is 122 Å². The smallest absolute Gasteiger partial charge is 0.294 e. The molecule has 3 atom stereocenters. The van der Waals surface area contributed by atoms with Gasteiger partial charge in [-0.05, 0) is 11.8 Å². The minimum Gasteiger partial charge on any atom is -0.314 e. The number of nitrogens with zero attached hydrogens (tertiary/aromatic N) is 2. The highest BCUT2D eigenvalue weighted by molar-refractivity contribution is 5.89. The standard InChI is InChI=1S/C10H16N2O7/c1-10(2,3)9(13)8-6(4-18-11(14)15)7(8)5-19-12(16)17/h6-8H,4-5H2,1-3H3/t6-,7+,8?. The van der Waals surface area contributed by atoms with Gasteiger partial charge in [-0.2, -0.15) is 0 Å². The SMILES string of the molecule is CC(C)(C)C(=O)C1[C@@H](CO[N+](=O)[O-])[C@H]1CO[N+](=O)[O-]. The number of rotatable bonds is 7. The van der Waals surface area contributed by atoms with Gasteiger partial charge in [-0.3, -0.25) is 4.79 Å². The number of carbonyl (C=O) groups is 1. The third-order valence-corrected chi connectivity index (χ3v) is 3.12. The van der Waals surface area contributed by atoms with Crippen molar-refractivity contribution in [1.29, 1.82) is 0 Å². The first kappa shape index (κ1) is 15.1. The Morgan fingerprint density at radius 2 is 1.42 bits per heavy atom. The molecule has 1 unspecified atom stereocenters. The predicted octanol–water partition coefficient (Wildman–Crippen LogP) is 0.880. The molecule has 1 rings (SSSR count). The maximum Gasteiger partial charge on any atom is 0.294 e. The molecule has 0 aliphatic heterocycles. The molecule has 0 amide bonds. The molecule has 19 heavy (non-hydrogen) atoms. The Morgan fingerprint density at radius 3 is 1.68 bits per heavy atom. The predicted molar refractivity (Wildman–Crippen MR) is 60.8 cm³/mol. The van der Waals surface area contributed by atoms with Crippen molar-refractivity contribution in [3.05, 3.63) is 20.2 Å². The molecular formula is C10H16N2O7. The van der Waals surface area contributed by atoms with Crippen molar-refractivity contribution in [2.24, 2.45) is 23.2 Å². The zero-order chi connectivity index (χ0) is 14.8. The minimum absolute atomic E-state index is 0.0959. The van der Waals surface area contributed by atoms with Gasteiger partial charge in [0.25, 0.3) is 10.2 Å². The fraction of sp³-hybridized carbons (Fsp3) is 0.900. The van der Waals surface area contributed by atoms with Crippen LogP contribution in [0.5, 0.6) is 0 Å². The fourth-order valence-corrected chi connectivity index (χ4v) is 2.08. The molecule has 1 fully saturated rings. The van der Waals surface area contributed by atoms with Crippen LogP contribution in [0.15, 0.2) is 0 Å². The molecule has 1 aliphatic carbocycles. The van der Waals surface area contributed by atoms with Gasteiger partial charge in [0.1, 0.15) is 19.0 Å². The Labute approximate surface area is 109 Å². The molecule has 1 saturated carbocycles. The van der Waals surface area contributed by atoms with Gasteiger partial charge in [-0.1, -0.05) is 20.8 Å². The largest absolute Gasteiger partial charge is 0.314 e. The molecule has 0 saturated heterocycles. The van der Waals surface area contributed by atoms with Gasteiger partial charge in [0.2, 0.25) is 0 Å². The van der Waals surface area contributed by atoms with Crippen LogP contribution in [-0.2, 0) is 14.5 Å². The van der Waals surface area contributed by atoms with Crippen molar-refractivity contribution in [2.45, 2.75) is 20.8 Å². The lowest BCUT2D eigenvalue weighted by Gasteiger charge is -2.16. The summed E-state index contributed by atoms with van der Waals surface area (Å²) < 4.78 is 0. The van der Waals surface area contributed by atoms with Crippen molar-refractivity contribution in [1.82, 2.24) is 0 Å². The van der Waals surface area contributed by atoms with E-state index in [1.54, 1.807) is 20.8 Å². The van der Waals surface area contributed by atoms with Crippen LogP contribution in [0.3, 0.4) is 0 Å². The average molecular weight is 276 g/mol. The van der Waals surface area contributed by atoms with Crippen molar-refractivity contribution in [2.75, 3.05) is 13.2 Å². The van der Waals surface area contributed by atoms with E-state index in [2.05, 4.69) is 9.68 Å². The van der Waals surface area contributed by atoms with Gasteiger partial charge < -0.3 is 9.68 Å². The molecule has 0 spiro atoms. The monoisotopic (exact) mass is 276 g/mol. The second-order valence-corrected chi connectivity index (χ2v) is 5.51. The molecular weight excluding hydrogens is 260 g/mol. The van der Waals surface area contributed by atoms with Crippen molar-refractivity contribution in [3.8, 4) is 0 Å². The molecule has 9 nitrogen and oxygen atoms in total. The summed E-state index contributed by atoms with van der Waals surface area (Å²) in [5.74, 6) is -1.39. The zero-order valence-corrected chi connectivity index (χ0v) is 10.9. The van der Waals surface area contributed by atoms with E-state index < -0.39 is 33.3 Å². The summed E-state index contributed by atoms with van der Waals surface area (Å²) in [6.07, 6.45) is 0. The second kappa shape index (κ2) is 5.37. The Balaban J connectivity index is 2.62. The van der Waals surface area contributed by atoms with Crippen LogP contribution in [-0.4, -0.2) is 29.2 Å². The summed E-state index contributed by atoms with van der Waals surface area (Å²) in [6, 6.07) is 0. The van der Waals surface area contributed by atoms with Crippen LogP contribution in [0.1, 0.15) is 20.8 Å². The maximum atomic E-state index is 12.1. The van der Waals surface area contributed by atoms with Gasteiger partial charge >= 0.3 is 0 Å². The lowest BCUT2D eigenvalue weighted by molar-refractivity contribution is -0.761. The molecule has 0 heterocycles. The number of hydrogen-bond acceptors (Lipinski definition) is 7. The Morgan fingerprint density at radius 1 is 1.05 bits per heavy atom. The first-order valence-electron chi connectivity index (χ1n) is 5.73. The maximum absolute atomic E-state index is 12.1. The van der Waals surface area contributed by atoms with Crippen molar-refractivity contribution >= 4 is 5.78 Å². The van der Waals surface area contributed by atoms with Crippen LogP contribution >= 0.6 is 0 Å². The third-order valence-electron chi connectivity index (χ3n) is 3.12. The Bertz CT molecular complexity index is 366. The van der Waals surface area contributed by atoms with Crippen LogP contribution in [0, 0.1) is 43.4 Å². The van der Waals surface area contributed by atoms with Crippen molar-refractivity contribution in [3.63, 3.8) is 0 Å². The summed E-state index contributed by atoms with van der Waals surface area (Å²) in [6.45, 7) is 4.69. The van der Waals surface area contributed by atoms with Gasteiger partial charge in [0.15, 0.2) is 0 Å². The molecule has 9 heteroatoms. The minimum atomic E-state index is -0.942. The summed E-state index contributed by atoms with van der Waals surface area (Å²) in [5.41, 5.74) is -0.610. The van der Waals surface area contributed by atoms with Gasteiger partial charge in [-0.15, -0.1) is 20.2 Å². The molecule has 108 valence electrons. The van der Waals surface area contributed by atoms with E-state index >= 15 is 0 Å². The van der Waals surface area contributed by atoms with Crippen LogP contribution in [0.2, 0.25) is 0 Å². The highest BCUT2D eigenvalue weighted by Crippen LogP contribution is 2.50. The number of carbonyl (C=O) groups excluding carboxylic acids is 1. The van der Waals surface area contributed by atoms with E-state index in [4.69, 9.17) is 0 Å². The highest BCUT2D eigenvalue weighted by atomic mass is 17.0. The summed E-state index contributed by atoms with van der Waals surface area (Å²) in [4.78, 5) is 40.8.